The Balaban J connectivity index is 2.07. The Labute approximate surface area is 114 Å². The van der Waals surface area contributed by atoms with Gasteiger partial charge in [-0.3, -0.25) is 0 Å². The summed E-state index contributed by atoms with van der Waals surface area (Å²) in [6.07, 6.45) is 0. The summed E-state index contributed by atoms with van der Waals surface area (Å²) in [5.41, 5.74) is 2.34. The van der Waals surface area contributed by atoms with Gasteiger partial charge < -0.3 is 10.1 Å². The summed E-state index contributed by atoms with van der Waals surface area (Å²) in [6, 6.07) is 10.3. The number of aryl methyl sites for hydroxylation is 1. The molecule has 0 aliphatic rings. The predicted octanol–water partition coefficient (Wildman–Crippen LogP) is 4.44. The number of halogens is 1. The van der Waals surface area contributed by atoms with E-state index in [4.69, 9.17) is 4.74 Å². The number of benzene rings is 1. The smallest absolute Gasteiger partial charge is 0.120 e. The van der Waals surface area contributed by atoms with Gasteiger partial charge in [-0.25, -0.2) is 0 Å². The molecule has 90 valence electrons. The van der Waals surface area contributed by atoms with E-state index >= 15 is 0 Å². The number of nitrogens with one attached hydrogen (secondary N) is 1. The van der Waals surface area contributed by atoms with Crippen molar-refractivity contribution in [2.24, 2.45) is 0 Å². The van der Waals surface area contributed by atoms with Gasteiger partial charge in [0.05, 0.1) is 10.9 Å². The fraction of sp³-hybridized carbons (Fsp3) is 0.231. The molecule has 0 aliphatic heterocycles. The van der Waals surface area contributed by atoms with Crippen LogP contribution in [-0.4, -0.2) is 7.11 Å². The normalized spacial score (nSPS) is 10.3. The largest absolute Gasteiger partial charge is 0.497 e. The summed E-state index contributed by atoms with van der Waals surface area (Å²) in [4.78, 5) is 1.30. The van der Waals surface area contributed by atoms with E-state index in [1.54, 1.807) is 18.4 Å². The predicted molar refractivity (Wildman–Crippen MR) is 77.1 cm³/mol. The molecular formula is C13H14BrNOS. The molecule has 0 saturated heterocycles. The molecule has 0 radical (unpaired) electrons. The number of anilines is 1. The highest BCUT2D eigenvalue weighted by Crippen LogP contribution is 2.25. The van der Waals surface area contributed by atoms with Crippen LogP contribution in [0.15, 0.2) is 34.1 Å². The fourth-order valence-electron chi connectivity index (χ4n) is 1.55. The van der Waals surface area contributed by atoms with E-state index < -0.39 is 0 Å². The van der Waals surface area contributed by atoms with Crippen molar-refractivity contribution in [2.75, 3.05) is 12.4 Å². The first-order valence-electron chi connectivity index (χ1n) is 5.32. The first kappa shape index (κ1) is 12.5. The van der Waals surface area contributed by atoms with E-state index in [0.29, 0.717) is 0 Å². The minimum Gasteiger partial charge on any atom is -0.497 e. The molecule has 17 heavy (non-hydrogen) atoms. The Morgan fingerprint density at radius 3 is 2.76 bits per heavy atom. The zero-order valence-electron chi connectivity index (χ0n) is 9.79. The van der Waals surface area contributed by atoms with Crippen molar-refractivity contribution in [1.29, 1.82) is 0 Å². The summed E-state index contributed by atoms with van der Waals surface area (Å²) in [6.45, 7) is 2.93. The second-order valence-corrected chi connectivity index (χ2v) is 6.29. The molecule has 0 saturated carbocycles. The molecule has 0 atom stereocenters. The Hall–Kier alpha value is -1.000. The lowest BCUT2D eigenvalue weighted by atomic mass is 10.2. The lowest BCUT2D eigenvalue weighted by molar-refractivity contribution is 0.415. The molecule has 2 rings (SSSR count). The standard InChI is InChI=1S/C13H14BrNOS/c1-9-3-4-10(16-2)7-12(9)15-8-11-5-6-13(14)17-11/h3-7,15H,8H2,1-2H3. The molecule has 2 nitrogen and oxygen atoms in total. The molecule has 0 amide bonds. The van der Waals surface area contributed by atoms with Gasteiger partial charge in [-0.2, -0.15) is 0 Å². The Kier molecular flexibility index (Phi) is 4.07. The first-order chi connectivity index (χ1) is 8.19. The van der Waals surface area contributed by atoms with Crippen LogP contribution in [0.1, 0.15) is 10.4 Å². The van der Waals surface area contributed by atoms with Crippen LogP contribution in [0, 0.1) is 6.92 Å². The summed E-state index contributed by atoms with van der Waals surface area (Å²) in [5, 5.41) is 3.43. The highest BCUT2D eigenvalue weighted by Gasteiger charge is 2.02. The van der Waals surface area contributed by atoms with Crippen LogP contribution in [0.25, 0.3) is 0 Å². The number of methoxy groups -OCH3 is 1. The highest BCUT2D eigenvalue weighted by atomic mass is 79.9. The van der Waals surface area contributed by atoms with E-state index in [-0.39, 0.29) is 0 Å². The maximum Gasteiger partial charge on any atom is 0.120 e. The van der Waals surface area contributed by atoms with Crippen LogP contribution in [0.3, 0.4) is 0 Å². The van der Waals surface area contributed by atoms with Crippen LogP contribution < -0.4 is 10.1 Å². The van der Waals surface area contributed by atoms with Gasteiger partial charge in [0.25, 0.3) is 0 Å². The third-order valence-electron chi connectivity index (χ3n) is 2.53. The van der Waals surface area contributed by atoms with Crippen LogP contribution in [0.5, 0.6) is 5.75 Å². The molecule has 0 aliphatic carbocycles. The summed E-state index contributed by atoms with van der Waals surface area (Å²) < 4.78 is 6.38. The van der Waals surface area contributed by atoms with Crippen molar-refractivity contribution in [2.45, 2.75) is 13.5 Å². The average Bonchev–Trinajstić information content (AvgIpc) is 2.74. The van der Waals surface area contributed by atoms with Crippen LogP contribution in [-0.2, 0) is 6.54 Å². The molecule has 4 heteroatoms. The molecular weight excluding hydrogens is 298 g/mol. The van der Waals surface area contributed by atoms with E-state index in [0.717, 1.165) is 21.8 Å². The maximum absolute atomic E-state index is 5.22. The SMILES string of the molecule is COc1ccc(C)c(NCc2ccc(Br)s2)c1. The average molecular weight is 312 g/mol. The molecule has 1 heterocycles. The van der Waals surface area contributed by atoms with Gasteiger partial charge in [-0.15, -0.1) is 11.3 Å². The Morgan fingerprint density at radius 2 is 2.12 bits per heavy atom. The van der Waals surface area contributed by atoms with Crippen molar-refractivity contribution in [3.63, 3.8) is 0 Å². The van der Waals surface area contributed by atoms with Gasteiger partial charge in [0.15, 0.2) is 0 Å². The first-order valence-corrected chi connectivity index (χ1v) is 6.92. The van der Waals surface area contributed by atoms with E-state index in [1.807, 2.05) is 12.1 Å². The summed E-state index contributed by atoms with van der Waals surface area (Å²) >= 11 is 5.21. The monoisotopic (exact) mass is 311 g/mol. The van der Waals surface area contributed by atoms with Gasteiger partial charge >= 0.3 is 0 Å². The van der Waals surface area contributed by atoms with Crippen LogP contribution >= 0.6 is 27.3 Å². The second-order valence-electron chi connectivity index (χ2n) is 3.74. The van der Waals surface area contributed by atoms with Crippen LogP contribution in [0.4, 0.5) is 5.69 Å². The van der Waals surface area contributed by atoms with Crippen molar-refractivity contribution in [1.82, 2.24) is 0 Å². The molecule has 2 aromatic rings. The van der Waals surface area contributed by atoms with Gasteiger partial charge in [0.1, 0.15) is 5.75 Å². The molecule has 0 spiro atoms. The van der Waals surface area contributed by atoms with Crippen LogP contribution in [0.2, 0.25) is 0 Å². The topological polar surface area (TPSA) is 21.3 Å². The van der Waals surface area contributed by atoms with Gasteiger partial charge in [-0.05, 0) is 46.6 Å². The molecule has 0 fully saturated rings. The maximum atomic E-state index is 5.22. The zero-order chi connectivity index (χ0) is 12.3. The minimum absolute atomic E-state index is 0.838. The number of hydrogen-bond acceptors (Lipinski definition) is 3. The third kappa shape index (κ3) is 3.23. The highest BCUT2D eigenvalue weighted by molar-refractivity contribution is 9.11. The third-order valence-corrected chi connectivity index (χ3v) is 4.15. The number of thiophene rings is 1. The summed E-state index contributed by atoms with van der Waals surface area (Å²) in [5.74, 6) is 0.880. The van der Waals surface area contributed by atoms with E-state index in [2.05, 4.69) is 46.4 Å². The van der Waals surface area contributed by atoms with Gasteiger partial charge in [0.2, 0.25) is 0 Å². The lowest BCUT2D eigenvalue weighted by Gasteiger charge is -2.10. The minimum atomic E-state index is 0.838. The second kappa shape index (κ2) is 5.56. The van der Waals surface area contributed by atoms with E-state index in [9.17, 15) is 0 Å². The van der Waals surface area contributed by atoms with Gasteiger partial charge in [-0.1, -0.05) is 6.07 Å². The quantitative estimate of drug-likeness (QED) is 0.901. The van der Waals surface area contributed by atoms with Gasteiger partial charge in [0, 0.05) is 23.2 Å². The van der Waals surface area contributed by atoms with Crippen molar-refractivity contribution < 1.29 is 4.74 Å². The molecule has 1 aromatic heterocycles. The number of ether oxygens (including phenoxy) is 1. The molecule has 1 aromatic carbocycles. The Morgan fingerprint density at radius 1 is 1.29 bits per heavy atom. The van der Waals surface area contributed by atoms with Crippen molar-refractivity contribution in [3.8, 4) is 5.75 Å². The number of rotatable bonds is 4. The fourth-order valence-corrected chi connectivity index (χ4v) is 2.97. The lowest BCUT2D eigenvalue weighted by Crippen LogP contribution is -1.99. The van der Waals surface area contributed by atoms with E-state index in [1.165, 1.54) is 10.4 Å². The molecule has 0 bridgehead atoms. The zero-order valence-corrected chi connectivity index (χ0v) is 12.2. The molecule has 0 unspecified atom stereocenters. The Bertz CT molecular complexity index is 510. The van der Waals surface area contributed by atoms with Crippen molar-refractivity contribution >= 4 is 33.0 Å². The molecule has 1 N–H and O–H groups in total. The number of hydrogen-bond donors (Lipinski definition) is 1. The van der Waals surface area contributed by atoms with Crippen molar-refractivity contribution in [3.05, 3.63) is 44.6 Å². The summed E-state index contributed by atoms with van der Waals surface area (Å²) in [7, 11) is 1.69.